The average Bonchev–Trinajstić information content (AvgIpc) is 3.17. The van der Waals surface area contributed by atoms with Crippen LogP contribution in [0.5, 0.6) is 0 Å². The van der Waals surface area contributed by atoms with Crippen molar-refractivity contribution in [2.24, 2.45) is 0 Å². The number of nitrogens with one attached hydrogen (secondary N) is 1. The number of anilines is 1. The summed E-state index contributed by atoms with van der Waals surface area (Å²) < 4.78 is 5.14. The number of ether oxygens (including phenoxy) is 1. The summed E-state index contributed by atoms with van der Waals surface area (Å²) in [6.45, 7) is 2.25. The second-order valence-electron chi connectivity index (χ2n) is 7.27. The molecular formula is C23H26N2O4. The van der Waals surface area contributed by atoms with E-state index in [0.717, 1.165) is 19.3 Å². The third kappa shape index (κ3) is 5.91. The lowest BCUT2D eigenvalue weighted by atomic mass is 10.1. The van der Waals surface area contributed by atoms with Crippen molar-refractivity contribution < 1.29 is 19.1 Å². The molecule has 6 heteroatoms. The highest BCUT2D eigenvalue weighted by molar-refractivity contribution is 5.97. The molecule has 6 nitrogen and oxygen atoms in total. The van der Waals surface area contributed by atoms with Crippen molar-refractivity contribution >= 4 is 23.5 Å². The van der Waals surface area contributed by atoms with E-state index in [-0.39, 0.29) is 24.5 Å². The van der Waals surface area contributed by atoms with Gasteiger partial charge in [-0.15, -0.1) is 0 Å². The number of rotatable bonds is 8. The van der Waals surface area contributed by atoms with Gasteiger partial charge in [0.1, 0.15) is 0 Å². The SMILES string of the molecule is C[C@H](CCc1ccccc1)NC(=O)COC(=O)c1cccc(N2CCCC2=O)c1. The van der Waals surface area contributed by atoms with Crippen molar-refractivity contribution in [1.82, 2.24) is 5.32 Å². The molecule has 2 aromatic carbocycles. The summed E-state index contributed by atoms with van der Waals surface area (Å²) in [6.07, 6.45) is 3.01. The molecule has 1 aliphatic heterocycles. The molecule has 29 heavy (non-hydrogen) atoms. The highest BCUT2D eigenvalue weighted by atomic mass is 16.5. The number of carbonyl (C=O) groups is 3. The Morgan fingerprint density at radius 1 is 1.14 bits per heavy atom. The van der Waals surface area contributed by atoms with Crippen molar-refractivity contribution in [1.29, 1.82) is 0 Å². The van der Waals surface area contributed by atoms with Crippen molar-refractivity contribution in [2.45, 2.75) is 38.6 Å². The summed E-state index contributed by atoms with van der Waals surface area (Å²) in [7, 11) is 0. The van der Waals surface area contributed by atoms with E-state index in [0.29, 0.717) is 24.2 Å². The third-order valence-electron chi connectivity index (χ3n) is 4.92. The van der Waals surface area contributed by atoms with E-state index in [4.69, 9.17) is 4.74 Å². The zero-order chi connectivity index (χ0) is 20.6. The zero-order valence-corrected chi connectivity index (χ0v) is 16.6. The van der Waals surface area contributed by atoms with E-state index < -0.39 is 5.97 Å². The van der Waals surface area contributed by atoms with Gasteiger partial charge in [0.2, 0.25) is 5.91 Å². The minimum Gasteiger partial charge on any atom is -0.452 e. The Balaban J connectivity index is 1.45. The number of aryl methyl sites for hydroxylation is 1. The highest BCUT2D eigenvalue weighted by Crippen LogP contribution is 2.22. The fraction of sp³-hybridized carbons (Fsp3) is 0.348. The van der Waals surface area contributed by atoms with E-state index in [2.05, 4.69) is 17.4 Å². The molecule has 0 bridgehead atoms. The van der Waals surface area contributed by atoms with Crippen LogP contribution >= 0.6 is 0 Å². The summed E-state index contributed by atoms with van der Waals surface area (Å²) in [5.41, 5.74) is 2.23. The first-order valence-electron chi connectivity index (χ1n) is 9.94. The molecular weight excluding hydrogens is 368 g/mol. The maximum absolute atomic E-state index is 12.3. The van der Waals surface area contributed by atoms with Gasteiger partial charge in [0, 0.05) is 24.7 Å². The molecule has 152 valence electrons. The Bertz CT molecular complexity index is 866. The van der Waals surface area contributed by atoms with Gasteiger partial charge in [-0.1, -0.05) is 36.4 Å². The standard InChI is InChI=1S/C23H26N2O4/c1-17(12-13-18-7-3-2-4-8-18)24-21(26)16-29-23(28)19-9-5-10-20(15-19)25-14-6-11-22(25)27/h2-5,7-10,15,17H,6,11-14,16H2,1H3,(H,24,26)/t17-/m1/s1. The van der Waals surface area contributed by atoms with E-state index >= 15 is 0 Å². The lowest BCUT2D eigenvalue weighted by Crippen LogP contribution is -2.36. The summed E-state index contributed by atoms with van der Waals surface area (Å²) in [6, 6.07) is 16.8. The lowest BCUT2D eigenvalue weighted by molar-refractivity contribution is -0.124. The molecule has 1 atom stereocenters. The van der Waals surface area contributed by atoms with Gasteiger partial charge >= 0.3 is 5.97 Å². The van der Waals surface area contributed by atoms with Gasteiger partial charge < -0.3 is 15.0 Å². The first kappa shape index (κ1) is 20.6. The number of benzene rings is 2. The first-order chi connectivity index (χ1) is 14.0. The Labute approximate surface area is 170 Å². The van der Waals surface area contributed by atoms with Crippen LogP contribution in [0.3, 0.4) is 0 Å². The van der Waals surface area contributed by atoms with Crippen LogP contribution in [0.25, 0.3) is 0 Å². The minimum absolute atomic E-state index is 0.0223. The third-order valence-corrected chi connectivity index (χ3v) is 4.92. The van der Waals surface area contributed by atoms with Crippen LogP contribution in [0, 0.1) is 0 Å². The summed E-state index contributed by atoms with van der Waals surface area (Å²) in [5, 5.41) is 2.85. The number of esters is 1. The van der Waals surface area contributed by atoms with Crippen LogP contribution in [0.4, 0.5) is 5.69 Å². The van der Waals surface area contributed by atoms with Crippen LogP contribution < -0.4 is 10.2 Å². The fourth-order valence-corrected chi connectivity index (χ4v) is 3.35. The van der Waals surface area contributed by atoms with Gasteiger partial charge in [-0.2, -0.15) is 0 Å². The van der Waals surface area contributed by atoms with E-state index in [1.807, 2.05) is 25.1 Å². The van der Waals surface area contributed by atoms with Crippen LogP contribution in [0.2, 0.25) is 0 Å². The molecule has 1 saturated heterocycles. The van der Waals surface area contributed by atoms with Crippen LogP contribution in [0.1, 0.15) is 42.1 Å². The first-order valence-corrected chi connectivity index (χ1v) is 9.94. The second-order valence-corrected chi connectivity index (χ2v) is 7.27. The summed E-state index contributed by atoms with van der Waals surface area (Å²) in [4.78, 5) is 37.9. The molecule has 1 N–H and O–H groups in total. The van der Waals surface area contributed by atoms with Crippen molar-refractivity contribution in [2.75, 3.05) is 18.1 Å². The second kappa shape index (κ2) is 9.87. The molecule has 3 rings (SSSR count). The molecule has 0 saturated carbocycles. The summed E-state index contributed by atoms with van der Waals surface area (Å²) >= 11 is 0. The Morgan fingerprint density at radius 3 is 2.66 bits per heavy atom. The maximum atomic E-state index is 12.3. The van der Waals surface area contributed by atoms with Gasteiger partial charge in [0.05, 0.1) is 5.56 Å². The Kier molecular flexibility index (Phi) is 7.00. The van der Waals surface area contributed by atoms with Crippen LogP contribution in [0.15, 0.2) is 54.6 Å². The van der Waals surface area contributed by atoms with Gasteiger partial charge in [0.25, 0.3) is 5.91 Å². The van der Waals surface area contributed by atoms with Gasteiger partial charge in [0.15, 0.2) is 6.61 Å². The quantitative estimate of drug-likeness (QED) is 0.698. The van der Waals surface area contributed by atoms with Gasteiger partial charge in [-0.05, 0) is 49.9 Å². The molecule has 2 aromatic rings. The van der Waals surface area contributed by atoms with Gasteiger partial charge in [-0.25, -0.2) is 4.79 Å². The molecule has 1 heterocycles. The van der Waals surface area contributed by atoms with Crippen molar-refractivity contribution in [3.8, 4) is 0 Å². The molecule has 0 radical (unpaired) electrons. The molecule has 1 fully saturated rings. The predicted molar refractivity (Wildman–Crippen MR) is 111 cm³/mol. The lowest BCUT2D eigenvalue weighted by Gasteiger charge is -2.16. The number of hydrogen-bond donors (Lipinski definition) is 1. The molecule has 1 aliphatic rings. The number of hydrogen-bond acceptors (Lipinski definition) is 4. The average molecular weight is 394 g/mol. The van der Waals surface area contributed by atoms with Crippen molar-refractivity contribution in [3.63, 3.8) is 0 Å². The fourth-order valence-electron chi connectivity index (χ4n) is 3.35. The molecule has 0 aliphatic carbocycles. The minimum atomic E-state index is -0.578. The number of carbonyl (C=O) groups excluding carboxylic acids is 3. The smallest absolute Gasteiger partial charge is 0.338 e. The van der Waals surface area contributed by atoms with Crippen molar-refractivity contribution in [3.05, 3.63) is 65.7 Å². The number of amides is 2. The summed E-state index contributed by atoms with van der Waals surface area (Å²) in [5.74, 6) is -0.852. The predicted octanol–water partition coefficient (Wildman–Crippen LogP) is 3.11. The number of nitrogens with zero attached hydrogens (tertiary/aromatic N) is 1. The highest BCUT2D eigenvalue weighted by Gasteiger charge is 2.22. The zero-order valence-electron chi connectivity index (χ0n) is 16.6. The Hall–Kier alpha value is -3.15. The van der Waals surface area contributed by atoms with E-state index in [9.17, 15) is 14.4 Å². The van der Waals surface area contributed by atoms with Gasteiger partial charge in [-0.3, -0.25) is 9.59 Å². The molecule has 0 spiro atoms. The maximum Gasteiger partial charge on any atom is 0.338 e. The Morgan fingerprint density at radius 2 is 1.93 bits per heavy atom. The molecule has 2 amide bonds. The molecule has 0 unspecified atom stereocenters. The van der Waals surface area contributed by atoms with E-state index in [1.54, 1.807) is 29.2 Å². The topological polar surface area (TPSA) is 75.7 Å². The molecule has 0 aromatic heterocycles. The van der Waals surface area contributed by atoms with E-state index in [1.165, 1.54) is 5.56 Å². The van der Waals surface area contributed by atoms with Crippen LogP contribution in [-0.4, -0.2) is 37.0 Å². The largest absolute Gasteiger partial charge is 0.452 e. The monoisotopic (exact) mass is 394 g/mol. The normalized spacial score (nSPS) is 14.5. The van der Waals surface area contributed by atoms with Crippen LogP contribution in [-0.2, 0) is 20.7 Å².